The number of rotatable bonds is 10. The minimum Gasteiger partial charge on any atom is -0.279 e. The van der Waals surface area contributed by atoms with Crippen molar-refractivity contribution >= 4 is 98.8 Å². The number of imidazole rings is 2. The highest BCUT2D eigenvalue weighted by Gasteiger charge is 2.24. The lowest BCUT2D eigenvalue weighted by molar-refractivity contribution is 0.979. The summed E-state index contributed by atoms with van der Waals surface area (Å²) in [4.78, 5) is 36.1. The summed E-state index contributed by atoms with van der Waals surface area (Å²) in [5, 5.41) is 6.71. The summed E-state index contributed by atoms with van der Waals surface area (Å²) >= 11 is 0. The zero-order valence-corrected chi connectivity index (χ0v) is 58.1. The molecule has 22 aromatic rings. The number of fused-ring (bicyclic) bond motifs is 16. The van der Waals surface area contributed by atoms with Crippen LogP contribution in [0.15, 0.2) is 370 Å². The number of nitrogens with zero attached hydrogens (tertiary/aromatic N) is 11. The van der Waals surface area contributed by atoms with Crippen LogP contribution in [0.5, 0.6) is 0 Å². The highest BCUT2D eigenvalue weighted by Crippen LogP contribution is 2.41. The van der Waals surface area contributed by atoms with Crippen LogP contribution in [0.4, 0.5) is 0 Å². The molecule has 0 atom stereocenters. The number of benzene rings is 14. The molecular formula is C97H61N11. The maximum absolute atomic E-state index is 5.33. The van der Waals surface area contributed by atoms with Crippen LogP contribution in [0, 0.1) is 0 Å². The molecule has 0 saturated carbocycles. The quantitative estimate of drug-likeness (QED) is 0.134. The third-order valence-electron chi connectivity index (χ3n) is 20.8. The topological polar surface area (TPSA) is 109 Å². The van der Waals surface area contributed by atoms with Crippen LogP contribution in [-0.4, -0.2) is 52.8 Å². The smallest absolute Gasteiger partial charge is 0.221 e. The Labute approximate surface area is 619 Å². The molecule has 108 heavy (non-hydrogen) atoms. The van der Waals surface area contributed by atoms with Crippen LogP contribution in [0.3, 0.4) is 0 Å². The first-order valence-electron chi connectivity index (χ1n) is 36.3. The predicted molar refractivity (Wildman–Crippen MR) is 442 cm³/mol. The molecule has 0 radical (unpaired) electrons. The van der Waals surface area contributed by atoms with Gasteiger partial charge in [0, 0.05) is 60.1 Å². The van der Waals surface area contributed by atoms with E-state index in [1.165, 1.54) is 16.3 Å². The zero-order chi connectivity index (χ0) is 71.2. The molecule has 22 rings (SSSR count). The first-order valence-corrected chi connectivity index (χ1v) is 36.3. The molecule has 8 aromatic heterocycles. The Morgan fingerprint density at radius 1 is 0.167 bits per heavy atom. The van der Waals surface area contributed by atoms with Gasteiger partial charge in [-0.25, -0.2) is 34.9 Å². The third kappa shape index (κ3) is 10.5. The minimum absolute atomic E-state index is 0.702. The largest absolute Gasteiger partial charge is 0.279 e. The SMILES string of the molecule is c1ccc(-c2cc(-c3cccc(-c4ccc5c(c4)c4ccccc4n5-c4nc5ccccc5c5nc6ccccc6n45)c3)nc(-c3ccccc3)n2)cc1.c1ccc(-c2cc(-c3ccccc3)nc(-c3ccc(-c4ccc5c(c4)c4ccccc4n5-c4nc5ccccc5c5nc6ccccc6n45)cc3)c2)cc1. The molecule has 11 heteroatoms. The van der Waals surface area contributed by atoms with Crippen molar-refractivity contribution in [3.05, 3.63) is 370 Å². The summed E-state index contributed by atoms with van der Waals surface area (Å²) in [5.41, 5.74) is 27.7. The minimum atomic E-state index is 0.702. The lowest BCUT2D eigenvalue weighted by Crippen LogP contribution is -2.06. The van der Waals surface area contributed by atoms with Crippen molar-refractivity contribution in [2.75, 3.05) is 0 Å². The number of pyridine rings is 1. The van der Waals surface area contributed by atoms with Crippen LogP contribution < -0.4 is 0 Å². The summed E-state index contributed by atoms with van der Waals surface area (Å²) < 4.78 is 8.99. The van der Waals surface area contributed by atoms with E-state index in [-0.39, 0.29) is 0 Å². The fourth-order valence-electron chi connectivity index (χ4n) is 15.7. The number of hydrogen-bond acceptors (Lipinski definition) is 7. The maximum Gasteiger partial charge on any atom is 0.221 e. The van der Waals surface area contributed by atoms with Gasteiger partial charge in [-0.05, 0) is 143 Å². The van der Waals surface area contributed by atoms with Crippen molar-refractivity contribution in [1.29, 1.82) is 0 Å². The van der Waals surface area contributed by atoms with Crippen LogP contribution in [0.1, 0.15) is 0 Å². The molecule has 14 aromatic carbocycles. The summed E-state index contributed by atoms with van der Waals surface area (Å²) in [6.07, 6.45) is 0. The Bertz CT molecular complexity index is 7170. The van der Waals surface area contributed by atoms with Crippen LogP contribution >= 0.6 is 0 Å². The summed E-state index contributed by atoms with van der Waals surface area (Å²) in [6.45, 7) is 0. The third-order valence-corrected chi connectivity index (χ3v) is 20.8. The standard InChI is InChI=1S/C49H31N5.C48H30N6/c1-3-13-32(14-4-1)37-30-43(34-15-5-2-6-16-34)50-44(31-37)35-25-23-33(24-26-35)36-27-28-46-40(29-36)38-17-8-11-21-45(38)53(46)49-52-41-19-9-7-18-39(41)48-51-42-20-10-12-22-47(42)54(48)49;1-3-14-31(15-4-1)41-30-42(50-46(49-41)32-16-5-2-6-17-32)35-19-13-18-33(28-35)34-26-27-44-38(29-34)36-20-8-11-24-43(36)53(44)48-52-39-22-9-7-21-37(39)47-51-40-23-10-12-25-45(40)54(47)48/h1-31H;1-30H. The predicted octanol–water partition coefficient (Wildman–Crippen LogP) is 23.8. The van der Waals surface area contributed by atoms with Crippen LogP contribution in [0.25, 0.3) is 200 Å². The molecule has 11 nitrogen and oxygen atoms in total. The lowest BCUT2D eigenvalue weighted by atomic mass is 9.98. The van der Waals surface area contributed by atoms with Gasteiger partial charge in [0.05, 0.1) is 77.9 Å². The number of para-hydroxylation sites is 8. The molecule has 0 aliphatic carbocycles. The fraction of sp³-hybridized carbons (Fsp3) is 0. The van der Waals surface area contributed by atoms with Crippen LogP contribution in [0.2, 0.25) is 0 Å². The van der Waals surface area contributed by atoms with Crippen molar-refractivity contribution in [3.63, 3.8) is 0 Å². The Balaban J connectivity index is 0.000000138. The molecule has 0 amide bonds. The van der Waals surface area contributed by atoms with Gasteiger partial charge < -0.3 is 0 Å². The summed E-state index contributed by atoms with van der Waals surface area (Å²) in [6, 6.07) is 129. The average Bonchev–Trinajstić information content (AvgIpc) is 1.56. The van der Waals surface area contributed by atoms with E-state index in [9.17, 15) is 0 Å². The van der Waals surface area contributed by atoms with Crippen molar-refractivity contribution in [3.8, 4) is 102 Å². The van der Waals surface area contributed by atoms with Gasteiger partial charge in [0.15, 0.2) is 5.82 Å². The monoisotopic (exact) mass is 1380 g/mol. The molecule has 0 saturated heterocycles. The van der Waals surface area contributed by atoms with Gasteiger partial charge in [-0.2, -0.15) is 0 Å². The van der Waals surface area contributed by atoms with E-state index < -0.39 is 0 Å². The van der Waals surface area contributed by atoms with Crippen molar-refractivity contribution in [1.82, 2.24) is 52.8 Å². The van der Waals surface area contributed by atoms with Gasteiger partial charge in [0.2, 0.25) is 11.9 Å². The van der Waals surface area contributed by atoms with Gasteiger partial charge >= 0.3 is 0 Å². The van der Waals surface area contributed by atoms with Crippen molar-refractivity contribution in [2.45, 2.75) is 0 Å². The van der Waals surface area contributed by atoms with Crippen LogP contribution in [-0.2, 0) is 0 Å². The van der Waals surface area contributed by atoms with Gasteiger partial charge in [0.25, 0.3) is 0 Å². The first-order chi connectivity index (χ1) is 53.5. The zero-order valence-electron chi connectivity index (χ0n) is 58.1. The second-order valence-electron chi connectivity index (χ2n) is 27.3. The molecular weight excluding hydrogens is 1320 g/mol. The average molecular weight is 1380 g/mol. The summed E-state index contributed by atoms with van der Waals surface area (Å²) in [5.74, 6) is 2.33. The molecule has 8 heterocycles. The van der Waals surface area contributed by atoms with E-state index in [0.29, 0.717) is 5.82 Å². The normalized spacial score (nSPS) is 11.7. The highest BCUT2D eigenvalue weighted by molar-refractivity contribution is 6.12. The molecule has 504 valence electrons. The lowest BCUT2D eigenvalue weighted by Gasteiger charge is -2.13. The first kappa shape index (κ1) is 61.8. The molecule has 0 aliphatic heterocycles. The summed E-state index contributed by atoms with van der Waals surface area (Å²) in [7, 11) is 0. The molecule has 0 aliphatic rings. The van der Waals surface area contributed by atoms with Crippen molar-refractivity contribution < 1.29 is 0 Å². The highest BCUT2D eigenvalue weighted by atomic mass is 15.2. The van der Waals surface area contributed by atoms with Crippen molar-refractivity contribution in [2.24, 2.45) is 0 Å². The van der Waals surface area contributed by atoms with Gasteiger partial charge in [-0.15, -0.1) is 0 Å². The molecule has 0 bridgehead atoms. The van der Waals surface area contributed by atoms with Gasteiger partial charge in [-0.1, -0.05) is 261 Å². The molecule has 0 spiro atoms. The number of aromatic nitrogens is 11. The van der Waals surface area contributed by atoms with E-state index in [1.54, 1.807) is 0 Å². The van der Waals surface area contributed by atoms with E-state index in [1.807, 2.05) is 66.7 Å². The van der Waals surface area contributed by atoms with E-state index in [2.05, 4.69) is 321 Å². The molecule has 0 fully saturated rings. The number of hydrogen-bond donors (Lipinski definition) is 0. The fourth-order valence-corrected chi connectivity index (χ4v) is 15.7. The van der Waals surface area contributed by atoms with E-state index in [0.717, 1.165) is 178 Å². The second-order valence-corrected chi connectivity index (χ2v) is 27.3. The Kier molecular flexibility index (Phi) is 14.6. The van der Waals surface area contributed by atoms with E-state index in [4.69, 9.17) is 34.9 Å². The maximum atomic E-state index is 5.33. The molecule has 0 unspecified atom stereocenters. The van der Waals surface area contributed by atoms with Gasteiger partial charge in [-0.3, -0.25) is 17.9 Å². The van der Waals surface area contributed by atoms with Gasteiger partial charge in [0.1, 0.15) is 11.3 Å². The second kappa shape index (κ2) is 25.6. The Hall–Kier alpha value is -14.8. The Morgan fingerprint density at radius 3 is 1.01 bits per heavy atom. The molecule has 0 N–H and O–H groups in total. The van der Waals surface area contributed by atoms with E-state index >= 15 is 0 Å². The Morgan fingerprint density at radius 2 is 0.500 bits per heavy atom.